The number of nitrogens with two attached hydrogens (primary N) is 1. The van der Waals surface area contributed by atoms with E-state index in [1.54, 1.807) is 0 Å². The van der Waals surface area contributed by atoms with Gasteiger partial charge in [-0.2, -0.15) is 0 Å². The highest BCUT2D eigenvalue weighted by Gasteiger charge is 2.08. The molecule has 0 unspecified atom stereocenters. The molecule has 0 radical (unpaired) electrons. The molecule has 15 heavy (non-hydrogen) atoms. The van der Waals surface area contributed by atoms with E-state index in [2.05, 4.69) is 13.5 Å². The Hall–Kier alpha value is -1.23. The maximum absolute atomic E-state index is 10.9. The molecule has 0 atom stereocenters. The second kappa shape index (κ2) is 9.33. The van der Waals surface area contributed by atoms with Crippen LogP contribution >= 0.6 is 0 Å². The van der Waals surface area contributed by atoms with Crippen LogP contribution in [0.3, 0.4) is 0 Å². The molecule has 0 aromatic heterocycles. The summed E-state index contributed by atoms with van der Waals surface area (Å²) in [5.74, 6) is 0. The number of hydrogen-bond donors (Lipinski definition) is 1. The van der Waals surface area contributed by atoms with Crippen LogP contribution in [-0.2, 0) is 9.47 Å². The first-order chi connectivity index (χ1) is 7.22. The molecular formula is C10H20N2O3. The number of unbranched alkanes of at least 4 members (excludes halogenated alkanes) is 1. The second-order valence-electron chi connectivity index (χ2n) is 3.03. The number of nitrogens with zero attached hydrogens (tertiary/aromatic N) is 1. The first-order valence-corrected chi connectivity index (χ1v) is 5.07. The predicted octanol–water partition coefficient (Wildman–Crippen LogP) is 1.30. The molecule has 0 bridgehead atoms. The molecule has 0 fully saturated rings. The van der Waals surface area contributed by atoms with Gasteiger partial charge in [0.05, 0.1) is 12.8 Å². The van der Waals surface area contributed by atoms with Gasteiger partial charge in [-0.3, -0.25) is 4.90 Å². The van der Waals surface area contributed by atoms with Crippen molar-refractivity contribution in [2.24, 2.45) is 5.73 Å². The number of hydrogen-bond acceptors (Lipinski definition) is 3. The Morgan fingerprint density at radius 1 is 1.53 bits per heavy atom. The van der Waals surface area contributed by atoms with Crippen LogP contribution in [0.1, 0.15) is 19.8 Å². The van der Waals surface area contributed by atoms with E-state index in [1.807, 2.05) is 0 Å². The molecule has 0 aromatic carbocycles. The van der Waals surface area contributed by atoms with Crippen LogP contribution in [0, 0.1) is 0 Å². The molecule has 2 N–H and O–H groups in total. The average Bonchev–Trinajstić information content (AvgIpc) is 2.21. The lowest BCUT2D eigenvalue weighted by atomic mass is 10.4. The summed E-state index contributed by atoms with van der Waals surface area (Å²) in [4.78, 5) is 12.3. The van der Waals surface area contributed by atoms with Crippen molar-refractivity contribution in [1.82, 2.24) is 4.90 Å². The van der Waals surface area contributed by atoms with E-state index in [1.165, 1.54) is 11.2 Å². The van der Waals surface area contributed by atoms with Crippen molar-refractivity contribution < 1.29 is 14.3 Å². The number of carbonyl (C=O) groups excluding carboxylic acids is 1. The van der Waals surface area contributed by atoms with Crippen LogP contribution in [0.15, 0.2) is 12.8 Å². The quantitative estimate of drug-likeness (QED) is 0.359. The van der Waals surface area contributed by atoms with Gasteiger partial charge in [-0.25, -0.2) is 4.79 Å². The standard InChI is InChI=1S/C10H20N2O3/c1-3-5-7-15-9-12(10(11)13)6-8-14-4-2/h4H,2-3,5-9H2,1H3,(H2,11,13). The fourth-order valence-electron chi connectivity index (χ4n) is 0.906. The first-order valence-electron chi connectivity index (χ1n) is 5.07. The van der Waals surface area contributed by atoms with Gasteiger partial charge in [-0.05, 0) is 6.42 Å². The van der Waals surface area contributed by atoms with Gasteiger partial charge in [0.1, 0.15) is 13.3 Å². The van der Waals surface area contributed by atoms with Crippen molar-refractivity contribution >= 4 is 6.03 Å². The van der Waals surface area contributed by atoms with Crippen LogP contribution in [0.25, 0.3) is 0 Å². The zero-order valence-electron chi connectivity index (χ0n) is 9.28. The summed E-state index contributed by atoms with van der Waals surface area (Å²) in [6.07, 6.45) is 3.38. The fraction of sp³-hybridized carbons (Fsp3) is 0.700. The van der Waals surface area contributed by atoms with Crippen molar-refractivity contribution in [3.05, 3.63) is 12.8 Å². The Bertz CT molecular complexity index is 186. The molecule has 0 spiro atoms. The van der Waals surface area contributed by atoms with Gasteiger partial charge in [0.2, 0.25) is 0 Å². The summed E-state index contributed by atoms with van der Waals surface area (Å²) < 4.78 is 10.2. The van der Waals surface area contributed by atoms with Crippen LogP contribution in [0.4, 0.5) is 4.79 Å². The third kappa shape index (κ3) is 7.81. The highest BCUT2D eigenvalue weighted by molar-refractivity contribution is 5.71. The van der Waals surface area contributed by atoms with Gasteiger partial charge in [0, 0.05) is 6.61 Å². The number of ether oxygens (including phenoxy) is 2. The summed E-state index contributed by atoms with van der Waals surface area (Å²) >= 11 is 0. The van der Waals surface area contributed by atoms with E-state index in [0.29, 0.717) is 19.8 Å². The van der Waals surface area contributed by atoms with E-state index in [0.717, 1.165) is 12.8 Å². The molecule has 0 aliphatic heterocycles. The van der Waals surface area contributed by atoms with Gasteiger partial charge in [-0.1, -0.05) is 19.9 Å². The molecule has 0 saturated heterocycles. The molecule has 0 saturated carbocycles. The van der Waals surface area contributed by atoms with E-state index in [-0.39, 0.29) is 6.73 Å². The van der Waals surface area contributed by atoms with Crippen molar-refractivity contribution in [1.29, 1.82) is 0 Å². The van der Waals surface area contributed by atoms with Crippen molar-refractivity contribution in [3.8, 4) is 0 Å². The second-order valence-corrected chi connectivity index (χ2v) is 3.03. The van der Waals surface area contributed by atoms with E-state index in [9.17, 15) is 4.79 Å². The monoisotopic (exact) mass is 216 g/mol. The van der Waals surface area contributed by atoms with Gasteiger partial charge in [0.25, 0.3) is 0 Å². The summed E-state index contributed by atoms with van der Waals surface area (Å²) in [6.45, 7) is 7.13. The maximum atomic E-state index is 10.9. The lowest BCUT2D eigenvalue weighted by Gasteiger charge is -2.19. The summed E-state index contributed by atoms with van der Waals surface area (Å²) in [7, 11) is 0. The highest BCUT2D eigenvalue weighted by atomic mass is 16.5. The Balaban J connectivity index is 3.63. The molecule has 0 heterocycles. The fourth-order valence-corrected chi connectivity index (χ4v) is 0.906. The zero-order valence-corrected chi connectivity index (χ0v) is 9.28. The molecule has 5 heteroatoms. The summed E-state index contributed by atoms with van der Waals surface area (Å²) in [6, 6.07) is -0.501. The highest BCUT2D eigenvalue weighted by Crippen LogP contribution is 1.93. The van der Waals surface area contributed by atoms with Crippen LogP contribution < -0.4 is 5.73 Å². The SMILES string of the molecule is C=COCCN(COCCCC)C(N)=O. The molecule has 2 amide bonds. The van der Waals surface area contributed by atoms with E-state index >= 15 is 0 Å². The Kier molecular flexibility index (Phi) is 8.56. The van der Waals surface area contributed by atoms with Gasteiger partial charge in [0.15, 0.2) is 0 Å². The van der Waals surface area contributed by atoms with Gasteiger partial charge >= 0.3 is 6.03 Å². The van der Waals surface area contributed by atoms with E-state index in [4.69, 9.17) is 15.2 Å². The van der Waals surface area contributed by atoms with Crippen LogP contribution in [-0.4, -0.2) is 37.4 Å². The van der Waals surface area contributed by atoms with E-state index < -0.39 is 6.03 Å². The first kappa shape index (κ1) is 13.8. The third-order valence-electron chi connectivity index (χ3n) is 1.80. The number of rotatable bonds is 9. The lowest BCUT2D eigenvalue weighted by molar-refractivity contribution is 0.0400. The Morgan fingerprint density at radius 3 is 2.80 bits per heavy atom. The third-order valence-corrected chi connectivity index (χ3v) is 1.80. The molecule has 0 rings (SSSR count). The lowest BCUT2D eigenvalue weighted by Crippen LogP contribution is -2.39. The molecule has 5 nitrogen and oxygen atoms in total. The number of primary amides is 1. The van der Waals surface area contributed by atoms with Crippen molar-refractivity contribution in [3.63, 3.8) is 0 Å². The zero-order chi connectivity index (χ0) is 11.5. The predicted molar refractivity (Wildman–Crippen MR) is 58.2 cm³/mol. The summed E-state index contributed by atoms with van der Waals surface area (Å²) in [5, 5.41) is 0. The van der Waals surface area contributed by atoms with Gasteiger partial charge in [-0.15, -0.1) is 0 Å². The van der Waals surface area contributed by atoms with Crippen LogP contribution in [0.5, 0.6) is 0 Å². The van der Waals surface area contributed by atoms with Gasteiger partial charge < -0.3 is 15.2 Å². The Labute approximate surface area is 90.8 Å². The smallest absolute Gasteiger partial charge is 0.316 e. The minimum Gasteiger partial charge on any atom is -0.500 e. The number of carbonyl (C=O) groups is 1. The maximum Gasteiger partial charge on any atom is 0.316 e. The van der Waals surface area contributed by atoms with Crippen LogP contribution in [0.2, 0.25) is 0 Å². The minimum atomic E-state index is -0.501. The molecular weight excluding hydrogens is 196 g/mol. The largest absolute Gasteiger partial charge is 0.500 e. The summed E-state index contributed by atoms with van der Waals surface area (Å²) in [5.41, 5.74) is 5.16. The molecule has 88 valence electrons. The molecule has 0 aliphatic carbocycles. The normalized spacial score (nSPS) is 9.67. The number of urea groups is 1. The number of amides is 2. The minimum absolute atomic E-state index is 0.218. The Morgan fingerprint density at radius 2 is 2.27 bits per heavy atom. The van der Waals surface area contributed by atoms with Crippen molar-refractivity contribution in [2.45, 2.75) is 19.8 Å². The molecule has 0 aromatic rings. The topological polar surface area (TPSA) is 64.8 Å². The molecule has 0 aliphatic rings. The average molecular weight is 216 g/mol. The van der Waals surface area contributed by atoms with Crippen molar-refractivity contribution in [2.75, 3.05) is 26.5 Å².